The highest BCUT2D eigenvalue weighted by Crippen LogP contribution is 2.56. The van der Waals surface area contributed by atoms with Crippen molar-refractivity contribution in [2.24, 2.45) is 0 Å². The van der Waals surface area contributed by atoms with Gasteiger partial charge in [-0.3, -0.25) is 9.78 Å². The summed E-state index contributed by atoms with van der Waals surface area (Å²) in [5, 5.41) is 0.741. The summed E-state index contributed by atoms with van der Waals surface area (Å²) in [5.41, 5.74) is 2.06. The lowest BCUT2D eigenvalue weighted by Gasteiger charge is -2.13. The molecule has 0 saturated heterocycles. The first-order chi connectivity index (χ1) is 16.7. The van der Waals surface area contributed by atoms with Gasteiger partial charge in [-0.2, -0.15) is 0 Å². The number of carbonyl (C=O) groups is 1. The van der Waals surface area contributed by atoms with Gasteiger partial charge in [-0.25, -0.2) is 26.9 Å². The van der Waals surface area contributed by atoms with E-state index in [4.69, 9.17) is 4.74 Å². The van der Waals surface area contributed by atoms with Crippen LogP contribution in [0.3, 0.4) is 0 Å². The van der Waals surface area contributed by atoms with Gasteiger partial charge in [0.15, 0.2) is 0 Å². The molecule has 1 amide bonds. The van der Waals surface area contributed by atoms with Crippen LogP contribution < -0.4 is 9.46 Å². The van der Waals surface area contributed by atoms with Gasteiger partial charge in [-0.15, -0.1) is 0 Å². The first-order valence-electron chi connectivity index (χ1n) is 10.6. The molecule has 2 aromatic heterocycles. The second-order valence-electron chi connectivity index (χ2n) is 8.15. The van der Waals surface area contributed by atoms with E-state index in [1.807, 2.05) is 22.9 Å². The normalized spacial score (nSPS) is 16.6. The van der Waals surface area contributed by atoms with Crippen LogP contribution in [-0.4, -0.2) is 37.3 Å². The number of nitrogens with one attached hydrogen (secondary N) is 1. The molecule has 1 fully saturated rings. The molecule has 0 radical (unpaired) electrons. The zero-order valence-electron chi connectivity index (χ0n) is 18.4. The number of sulfonamides is 1. The van der Waals surface area contributed by atoms with E-state index < -0.39 is 32.7 Å². The van der Waals surface area contributed by atoms with Crippen molar-refractivity contribution in [1.29, 1.82) is 0 Å². The van der Waals surface area contributed by atoms with Gasteiger partial charge in [0.1, 0.15) is 16.3 Å². The number of fused-ring (bicyclic) bond motifs is 1. The van der Waals surface area contributed by atoms with Gasteiger partial charge in [-0.05, 0) is 48.0 Å². The SMILES string of the molecule is COc1ccc(C2CC2(F)F)cc1S(=O)(=O)NC(=O)c1ccc2c(-c3ccccn3)cccc2n1. The Hall–Kier alpha value is -3.92. The summed E-state index contributed by atoms with van der Waals surface area (Å²) < 4.78 is 60.2. The summed E-state index contributed by atoms with van der Waals surface area (Å²) in [6.07, 6.45) is 1.31. The number of nitrogens with zero attached hydrogens (tertiary/aromatic N) is 2. The third kappa shape index (κ3) is 4.32. The summed E-state index contributed by atoms with van der Waals surface area (Å²) in [6, 6.07) is 17.8. The lowest BCUT2D eigenvalue weighted by molar-refractivity contribution is 0.0976. The number of aromatic nitrogens is 2. The zero-order valence-corrected chi connectivity index (χ0v) is 19.2. The lowest BCUT2D eigenvalue weighted by Crippen LogP contribution is -2.31. The molecule has 2 heterocycles. The molecule has 10 heteroatoms. The van der Waals surface area contributed by atoms with Crippen molar-refractivity contribution in [3.8, 4) is 17.0 Å². The molecule has 1 saturated carbocycles. The molecule has 4 aromatic rings. The number of hydrogen-bond acceptors (Lipinski definition) is 6. The summed E-state index contributed by atoms with van der Waals surface area (Å²) >= 11 is 0. The minimum absolute atomic E-state index is 0.0653. The fourth-order valence-electron chi connectivity index (χ4n) is 3.95. The van der Waals surface area contributed by atoms with Crippen LogP contribution in [0.25, 0.3) is 22.2 Å². The van der Waals surface area contributed by atoms with Crippen LogP contribution in [0.15, 0.2) is 77.8 Å². The smallest absolute Gasteiger partial charge is 0.283 e. The number of amides is 1. The molecule has 5 rings (SSSR count). The Balaban J connectivity index is 1.45. The van der Waals surface area contributed by atoms with Gasteiger partial charge in [0.05, 0.1) is 24.2 Å². The maximum Gasteiger partial charge on any atom is 0.283 e. The molecule has 35 heavy (non-hydrogen) atoms. The van der Waals surface area contributed by atoms with Crippen LogP contribution in [0.5, 0.6) is 5.75 Å². The predicted octanol–water partition coefficient (Wildman–Crippen LogP) is 4.55. The minimum atomic E-state index is -4.44. The predicted molar refractivity (Wildman–Crippen MR) is 125 cm³/mol. The second kappa shape index (κ2) is 8.38. The highest BCUT2D eigenvalue weighted by atomic mass is 32.2. The lowest BCUT2D eigenvalue weighted by atomic mass is 10.0. The Morgan fingerprint density at radius 3 is 2.57 bits per heavy atom. The average Bonchev–Trinajstić information content (AvgIpc) is 3.51. The maximum absolute atomic E-state index is 13.5. The van der Waals surface area contributed by atoms with Gasteiger partial charge in [-0.1, -0.05) is 24.3 Å². The van der Waals surface area contributed by atoms with Crippen molar-refractivity contribution < 1.29 is 26.7 Å². The quantitative estimate of drug-likeness (QED) is 0.422. The fourth-order valence-corrected chi connectivity index (χ4v) is 5.12. The van der Waals surface area contributed by atoms with E-state index in [9.17, 15) is 22.0 Å². The highest BCUT2D eigenvalue weighted by Gasteiger charge is 2.57. The van der Waals surface area contributed by atoms with Crippen molar-refractivity contribution in [3.05, 3.63) is 84.2 Å². The molecule has 0 spiro atoms. The summed E-state index contributed by atoms with van der Waals surface area (Å²) in [6.45, 7) is 0. The Morgan fingerprint density at radius 2 is 1.89 bits per heavy atom. The molecule has 2 aromatic carbocycles. The fraction of sp³-hybridized carbons (Fsp3) is 0.160. The van der Waals surface area contributed by atoms with E-state index in [-0.39, 0.29) is 23.4 Å². The molecule has 1 unspecified atom stereocenters. The standard InChI is InChI=1S/C25H19F2N3O4S/c1-34-22-11-8-15(18-14-25(18,26)27)13-23(22)35(32,33)30-24(31)21-10-9-17-16(5-4-7-20(17)29-21)19-6-2-3-12-28-19/h2-13,18H,14H2,1H3,(H,30,31). The van der Waals surface area contributed by atoms with E-state index in [0.29, 0.717) is 5.52 Å². The first-order valence-corrected chi connectivity index (χ1v) is 12.1. The second-order valence-corrected chi connectivity index (χ2v) is 9.80. The summed E-state index contributed by atoms with van der Waals surface area (Å²) in [5.74, 6) is -4.96. The topological polar surface area (TPSA) is 98.2 Å². The number of hydrogen-bond donors (Lipinski definition) is 1. The largest absolute Gasteiger partial charge is 0.495 e. The molecule has 178 valence electrons. The number of pyridine rings is 2. The van der Waals surface area contributed by atoms with Crippen LogP contribution in [0, 0.1) is 0 Å². The average molecular weight is 496 g/mol. The summed E-state index contributed by atoms with van der Waals surface area (Å²) in [4.78, 5) is 21.1. The number of carbonyl (C=O) groups excluding carboxylic acids is 1. The van der Waals surface area contributed by atoms with Gasteiger partial charge in [0.25, 0.3) is 21.9 Å². The third-order valence-corrected chi connectivity index (χ3v) is 7.19. The van der Waals surface area contributed by atoms with Crippen LogP contribution in [-0.2, 0) is 10.0 Å². The van der Waals surface area contributed by atoms with E-state index >= 15 is 0 Å². The van der Waals surface area contributed by atoms with Crippen LogP contribution >= 0.6 is 0 Å². The Labute approximate surface area is 199 Å². The maximum atomic E-state index is 13.5. The van der Waals surface area contributed by atoms with Crippen molar-refractivity contribution in [1.82, 2.24) is 14.7 Å². The Bertz CT molecular complexity index is 1560. The van der Waals surface area contributed by atoms with Crippen LogP contribution in [0.2, 0.25) is 0 Å². The van der Waals surface area contributed by atoms with E-state index in [2.05, 4.69) is 9.97 Å². The van der Waals surface area contributed by atoms with Crippen molar-refractivity contribution in [2.75, 3.05) is 7.11 Å². The van der Waals surface area contributed by atoms with Crippen molar-refractivity contribution >= 4 is 26.8 Å². The number of methoxy groups -OCH3 is 1. The number of rotatable bonds is 6. The minimum Gasteiger partial charge on any atom is -0.495 e. The number of ether oxygens (including phenoxy) is 1. The molecular weight excluding hydrogens is 476 g/mol. The van der Waals surface area contributed by atoms with E-state index in [1.54, 1.807) is 30.5 Å². The number of halogens is 2. The zero-order chi connectivity index (χ0) is 24.8. The van der Waals surface area contributed by atoms with Gasteiger partial charge in [0.2, 0.25) is 0 Å². The number of benzene rings is 2. The molecule has 0 aliphatic heterocycles. The van der Waals surface area contributed by atoms with Gasteiger partial charge >= 0.3 is 0 Å². The van der Waals surface area contributed by atoms with E-state index in [0.717, 1.165) is 22.7 Å². The van der Waals surface area contributed by atoms with Gasteiger partial charge < -0.3 is 4.74 Å². The van der Waals surface area contributed by atoms with Crippen molar-refractivity contribution in [2.45, 2.75) is 23.2 Å². The van der Waals surface area contributed by atoms with E-state index in [1.165, 1.54) is 25.3 Å². The summed E-state index contributed by atoms with van der Waals surface area (Å²) in [7, 11) is -3.18. The first kappa shape index (κ1) is 22.9. The van der Waals surface area contributed by atoms with Crippen LogP contribution in [0.1, 0.15) is 28.4 Å². The monoisotopic (exact) mass is 495 g/mol. The molecule has 1 N–H and O–H groups in total. The Kier molecular flexibility index (Phi) is 5.47. The molecule has 7 nitrogen and oxygen atoms in total. The molecular formula is C25H19F2N3O4S. The van der Waals surface area contributed by atoms with Crippen LogP contribution in [0.4, 0.5) is 8.78 Å². The Morgan fingerprint density at radius 1 is 1.09 bits per heavy atom. The van der Waals surface area contributed by atoms with Crippen molar-refractivity contribution in [3.63, 3.8) is 0 Å². The molecule has 1 aliphatic rings. The number of alkyl halides is 2. The third-order valence-electron chi connectivity index (χ3n) is 5.84. The van der Waals surface area contributed by atoms with Gasteiger partial charge in [0, 0.05) is 23.6 Å². The molecule has 0 bridgehead atoms. The molecule has 1 atom stereocenters. The highest BCUT2D eigenvalue weighted by molar-refractivity contribution is 7.90. The molecule has 1 aliphatic carbocycles.